The van der Waals surface area contributed by atoms with Crippen molar-refractivity contribution in [2.24, 2.45) is 0 Å². The van der Waals surface area contributed by atoms with Crippen LogP contribution in [0.4, 0.5) is 0 Å². The van der Waals surface area contributed by atoms with Crippen molar-refractivity contribution in [2.75, 3.05) is 12.0 Å². The van der Waals surface area contributed by atoms with E-state index in [9.17, 15) is 9.32 Å². The fourth-order valence-corrected chi connectivity index (χ4v) is 2.31. The van der Waals surface area contributed by atoms with Crippen molar-refractivity contribution in [2.45, 2.75) is 6.10 Å². The molecule has 84 valence electrons. The first kappa shape index (κ1) is 11.2. The van der Waals surface area contributed by atoms with Crippen LogP contribution in [0.5, 0.6) is 0 Å². The van der Waals surface area contributed by atoms with Crippen LogP contribution >= 0.6 is 0 Å². The number of benzene rings is 1. The van der Waals surface area contributed by atoms with Gasteiger partial charge in [-0.2, -0.15) is 0 Å². The number of nitrogens with zero attached hydrogens (tertiary/aromatic N) is 1. The Morgan fingerprint density at radius 1 is 1.38 bits per heavy atom. The van der Waals surface area contributed by atoms with Crippen LogP contribution in [0.3, 0.4) is 0 Å². The number of hydrogen-bond donors (Lipinski definition) is 1. The minimum absolute atomic E-state index is 0.223. The van der Waals surface area contributed by atoms with Crippen LogP contribution in [0.25, 0.3) is 10.8 Å². The Kier molecular flexibility index (Phi) is 3.31. The van der Waals surface area contributed by atoms with Gasteiger partial charge in [0.15, 0.2) is 0 Å². The van der Waals surface area contributed by atoms with Crippen LogP contribution in [0, 0.1) is 0 Å². The minimum atomic E-state index is -1.03. The molecule has 1 aromatic heterocycles. The summed E-state index contributed by atoms with van der Waals surface area (Å²) in [5.74, 6) is 0.223. The molecule has 1 aromatic carbocycles. The van der Waals surface area contributed by atoms with Gasteiger partial charge in [-0.1, -0.05) is 24.3 Å². The Labute approximate surface area is 96.6 Å². The molecule has 0 bridgehead atoms. The van der Waals surface area contributed by atoms with Crippen molar-refractivity contribution in [1.29, 1.82) is 0 Å². The van der Waals surface area contributed by atoms with E-state index < -0.39 is 16.9 Å². The van der Waals surface area contributed by atoms with Gasteiger partial charge in [0.2, 0.25) is 0 Å². The van der Waals surface area contributed by atoms with E-state index in [0.29, 0.717) is 5.69 Å². The Morgan fingerprint density at radius 2 is 2.12 bits per heavy atom. The van der Waals surface area contributed by atoms with Gasteiger partial charge in [-0.15, -0.1) is 0 Å². The van der Waals surface area contributed by atoms with E-state index in [1.807, 2.05) is 30.3 Å². The normalized spacial score (nSPS) is 14.9. The molecule has 1 N–H and O–H groups in total. The predicted octanol–water partition coefficient (Wildman–Crippen LogP) is 1.65. The van der Waals surface area contributed by atoms with E-state index >= 15 is 0 Å². The monoisotopic (exact) mass is 235 g/mol. The van der Waals surface area contributed by atoms with Gasteiger partial charge in [-0.25, -0.2) is 0 Å². The largest absolute Gasteiger partial charge is 0.386 e. The smallest absolute Gasteiger partial charge is 0.108 e. The molecule has 1 heterocycles. The van der Waals surface area contributed by atoms with E-state index in [2.05, 4.69) is 4.98 Å². The zero-order chi connectivity index (χ0) is 11.5. The van der Waals surface area contributed by atoms with E-state index in [0.717, 1.165) is 10.8 Å². The van der Waals surface area contributed by atoms with Gasteiger partial charge in [-0.3, -0.25) is 9.19 Å². The fraction of sp³-hybridized carbons (Fsp3) is 0.250. The lowest BCUT2D eigenvalue weighted by atomic mass is 10.1. The summed E-state index contributed by atoms with van der Waals surface area (Å²) < 4.78 is 11.1. The molecule has 3 nitrogen and oxygen atoms in total. The lowest BCUT2D eigenvalue weighted by Crippen LogP contribution is -2.09. The summed E-state index contributed by atoms with van der Waals surface area (Å²) in [4.78, 5) is 4.18. The van der Waals surface area contributed by atoms with Crippen molar-refractivity contribution < 1.29 is 9.32 Å². The topological polar surface area (TPSA) is 50.2 Å². The molecule has 0 saturated heterocycles. The minimum Gasteiger partial charge on any atom is -0.386 e. The summed E-state index contributed by atoms with van der Waals surface area (Å²) in [5, 5.41) is 11.9. The van der Waals surface area contributed by atoms with Gasteiger partial charge in [-0.05, 0) is 11.5 Å². The Hall–Kier alpha value is -1.26. The van der Waals surface area contributed by atoms with Crippen LogP contribution in [-0.4, -0.2) is 26.3 Å². The molecule has 0 amide bonds. The van der Waals surface area contributed by atoms with Gasteiger partial charge in [0.1, 0.15) is 6.10 Å². The zero-order valence-corrected chi connectivity index (χ0v) is 9.78. The summed E-state index contributed by atoms with van der Waals surface area (Å²) in [6.07, 6.45) is 2.48. The van der Waals surface area contributed by atoms with Crippen LogP contribution in [0.1, 0.15) is 11.8 Å². The average molecular weight is 235 g/mol. The highest BCUT2D eigenvalue weighted by molar-refractivity contribution is 7.84. The first-order valence-corrected chi connectivity index (χ1v) is 6.73. The molecule has 4 heteroatoms. The molecule has 2 atom stereocenters. The van der Waals surface area contributed by atoms with E-state index in [4.69, 9.17) is 0 Å². The average Bonchev–Trinajstić information content (AvgIpc) is 2.27. The van der Waals surface area contributed by atoms with Gasteiger partial charge < -0.3 is 5.11 Å². The molecule has 0 aliphatic rings. The molecule has 0 saturated carbocycles. The first-order valence-electron chi connectivity index (χ1n) is 5.00. The Morgan fingerprint density at radius 3 is 2.88 bits per heavy atom. The molecule has 0 aliphatic heterocycles. The molecule has 0 unspecified atom stereocenters. The van der Waals surface area contributed by atoms with Crippen molar-refractivity contribution >= 4 is 21.6 Å². The molecular formula is C12H13NO2S. The number of aliphatic hydroxyl groups excluding tert-OH is 1. The third-order valence-electron chi connectivity index (χ3n) is 2.41. The second-order valence-electron chi connectivity index (χ2n) is 3.67. The van der Waals surface area contributed by atoms with E-state index in [1.165, 1.54) is 0 Å². The molecule has 2 aromatic rings. The van der Waals surface area contributed by atoms with E-state index in [-0.39, 0.29) is 5.75 Å². The lowest BCUT2D eigenvalue weighted by molar-refractivity contribution is 0.200. The highest BCUT2D eigenvalue weighted by Gasteiger charge is 2.13. The zero-order valence-electron chi connectivity index (χ0n) is 8.96. The second kappa shape index (κ2) is 4.72. The van der Waals surface area contributed by atoms with Gasteiger partial charge in [0, 0.05) is 28.6 Å². The fourth-order valence-electron chi connectivity index (χ4n) is 1.71. The lowest BCUT2D eigenvalue weighted by Gasteiger charge is -2.10. The third kappa shape index (κ3) is 2.28. The van der Waals surface area contributed by atoms with Gasteiger partial charge in [0.25, 0.3) is 0 Å². The van der Waals surface area contributed by atoms with E-state index in [1.54, 1.807) is 12.5 Å². The number of fused-ring (bicyclic) bond motifs is 1. The maximum absolute atomic E-state index is 11.1. The van der Waals surface area contributed by atoms with Gasteiger partial charge in [0.05, 0.1) is 11.4 Å². The number of hydrogen-bond acceptors (Lipinski definition) is 3. The molecule has 0 aliphatic carbocycles. The molecule has 0 fully saturated rings. The second-order valence-corrected chi connectivity index (χ2v) is 5.15. The molecule has 0 radical (unpaired) electrons. The highest BCUT2D eigenvalue weighted by Crippen LogP contribution is 2.22. The number of aliphatic hydroxyl groups is 1. The quantitative estimate of drug-likeness (QED) is 0.880. The molecular weight excluding hydrogens is 222 g/mol. The van der Waals surface area contributed by atoms with Crippen LogP contribution in [-0.2, 0) is 10.8 Å². The van der Waals surface area contributed by atoms with Gasteiger partial charge >= 0.3 is 0 Å². The molecule has 16 heavy (non-hydrogen) atoms. The first-order chi connectivity index (χ1) is 7.68. The number of rotatable bonds is 3. The summed E-state index contributed by atoms with van der Waals surface area (Å²) in [5.41, 5.74) is 0.605. The van der Waals surface area contributed by atoms with Crippen molar-refractivity contribution in [3.63, 3.8) is 0 Å². The SMILES string of the molecule is C[S@](=O)C[C@@H](O)c1nccc2ccccc12. The summed E-state index contributed by atoms with van der Waals surface area (Å²) in [6.45, 7) is 0. The number of pyridine rings is 1. The van der Waals surface area contributed by atoms with Crippen LogP contribution in [0.15, 0.2) is 36.5 Å². The predicted molar refractivity (Wildman–Crippen MR) is 65.6 cm³/mol. The summed E-state index contributed by atoms with van der Waals surface area (Å²) in [6, 6.07) is 9.63. The molecule has 2 rings (SSSR count). The molecule has 0 spiro atoms. The van der Waals surface area contributed by atoms with Crippen molar-refractivity contribution in [3.05, 3.63) is 42.2 Å². The standard InChI is InChI=1S/C12H13NO2S/c1-16(15)8-11(14)12-10-5-3-2-4-9(10)6-7-13-12/h2-7,11,14H,8H2,1H3/t11-,16+/m1/s1. The van der Waals surface area contributed by atoms with Crippen molar-refractivity contribution in [1.82, 2.24) is 4.98 Å². The summed E-state index contributed by atoms with van der Waals surface area (Å²) >= 11 is 0. The van der Waals surface area contributed by atoms with Crippen LogP contribution < -0.4 is 0 Å². The maximum atomic E-state index is 11.1. The maximum Gasteiger partial charge on any atom is 0.108 e. The van der Waals surface area contributed by atoms with Crippen molar-refractivity contribution in [3.8, 4) is 0 Å². The Balaban J connectivity index is 2.47. The van der Waals surface area contributed by atoms with Crippen LogP contribution in [0.2, 0.25) is 0 Å². The highest BCUT2D eigenvalue weighted by atomic mass is 32.2. The summed E-state index contributed by atoms with van der Waals surface area (Å²) in [7, 11) is -1.03. The third-order valence-corrected chi connectivity index (χ3v) is 3.20. The number of aromatic nitrogens is 1. The Bertz CT molecular complexity index is 522.